The molecule has 0 amide bonds. The van der Waals surface area contributed by atoms with E-state index < -0.39 is 11.7 Å². The molecule has 0 fully saturated rings. The highest BCUT2D eigenvalue weighted by Gasteiger charge is 2.18. The molecule has 7 nitrogen and oxygen atoms in total. The first-order valence-corrected chi connectivity index (χ1v) is 10.1. The van der Waals surface area contributed by atoms with Crippen LogP contribution in [0.1, 0.15) is 20.8 Å². The molecule has 0 atom stereocenters. The van der Waals surface area contributed by atoms with Gasteiger partial charge in [-0.25, -0.2) is 9.78 Å². The lowest BCUT2D eigenvalue weighted by Gasteiger charge is -2.18. The fraction of sp³-hybridized carbons (Fsp3) is 0.200. The van der Waals surface area contributed by atoms with Crippen LogP contribution in [0.4, 0.5) is 16.3 Å². The fourth-order valence-corrected chi connectivity index (χ4v) is 3.67. The molecule has 0 bridgehead atoms. The number of fused-ring (bicyclic) bond motifs is 1. The standard InChI is InChI=1S/C20H18ClN5O2S/c1-20(2,3)28-19(27)26-11-13(10-22-26)12-4-6-14(7-5-12)23-16-15-8-9-29-17(15)25-18(21)24-16/h4-11H,1-3H3,(H,23,24,25). The summed E-state index contributed by atoms with van der Waals surface area (Å²) in [5.41, 5.74) is 2.02. The zero-order chi connectivity index (χ0) is 20.6. The van der Waals surface area contributed by atoms with Gasteiger partial charge in [0.25, 0.3) is 0 Å². The molecule has 29 heavy (non-hydrogen) atoms. The summed E-state index contributed by atoms with van der Waals surface area (Å²) in [6.07, 6.45) is 2.77. The van der Waals surface area contributed by atoms with Crippen molar-refractivity contribution in [2.75, 3.05) is 5.32 Å². The smallest absolute Gasteiger partial charge is 0.435 e. The van der Waals surface area contributed by atoms with Gasteiger partial charge < -0.3 is 10.1 Å². The monoisotopic (exact) mass is 427 g/mol. The Balaban J connectivity index is 1.53. The number of ether oxygens (including phenoxy) is 1. The highest BCUT2D eigenvalue weighted by Crippen LogP contribution is 2.29. The number of rotatable bonds is 3. The van der Waals surface area contributed by atoms with Crippen LogP contribution < -0.4 is 5.32 Å². The molecular weight excluding hydrogens is 410 g/mol. The molecule has 3 aromatic heterocycles. The van der Waals surface area contributed by atoms with Gasteiger partial charge in [0.1, 0.15) is 16.2 Å². The van der Waals surface area contributed by atoms with Gasteiger partial charge in [0, 0.05) is 17.4 Å². The number of thiophene rings is 1. The maximum atomic E-state index is 12.1. The van der Waals surface area contributed by atoms with Gasteiger partial charge in [-0.3, -0.25) is 0 Å². The minimum absolute atomic E-state index is 0.202. The maximum absolute atomic E-state index is 12.1. The summed E-state index contributed by atoms with van der Waals surface area (Å²) in [4.78, 5) is 21.5. The van der Waals surface area contributed by atoms with Crippen LogP contribution in [0.5, 0.6) is 0 Å². The summed E-state index contributed by atoms with van der Waals surface area (Å²) in [6.45, 7) is 5.45. The van der Waals surface area contributed by atoms with Crippen LogP contribution in [0.3, 0.4) is 0 Å². The van der Waals surface area contributed by atoms with Crippen molar-refractivity contribution < 1.29 is 9.53 Å². The van der Waals surface area contributed by atoms with E-state index in [4.69, 9.17) is 16.3 Å². The van der Waals surface area contributed by atoms with Gasteiger partial charge in [-0.1, -0.05) is 12.1 Å². The molecule has 4 aromatic rings. The van der Waals surface area contributed by atoms with Gasteiger partial charge in [0.05, 0.1) is 11.6 Å². The van der Waals surface area contributed by atoms with E-state index in [0.29, 0.717) is 5.82 Å². The van der Waals surface area contributed by atoms with Crippen molar-refractivity contribution in [2.24, 2.45) is 0 Å². The van der Waals surface area contributed by atoms with Crippen molar-refractivity contribution in [3.05, 3.63) is 53.4 Å². The summed E-state index contributed by atoms with van der Waals surface area (Å²) in [7, 11) is 0. The molecule has 0 spiro atoms. The number of carbonyl (C=O) groups is 1. The van der Waals surface area contributed by atoms with E-state index in [9.17, 15) is 4.79 Å². The predicted molar refractivity (Wildman–Crippen MR) is 115 cm³/mol. The Hall–Kier alpha value is -2.97. The second kappa shape index (κ2) is 7.46. The molecule has 0 radical (unpaired) electrons. The second-order valence-electron chi connectivity index (χ2n) is 7.34. The molecule has 1 N–H and O–H groups in total. The molecule has 0 saturated carbocycles. The molecule has 0 aliphatic heterocycles. The van der Waals surface area contributed by atoms with Crippen molar-refractivity contribution in [1.29, 1.82) is 0 Å². The Bertz CT molecular complexity index is 1180. The molecule has 148 valence electrons. The topological polar surface area (TPSA) is 81.9 Å². The van der Waals surface area contributed by atoms with Crippen molar-refractivity contribution in [3.8, 4) is 11.1 Å². The maximum Gasteiger partial charge on any atom is 0.435 e. The largest absolute Gasteiger partial charge is 0.442 e. The van der Waals surface area contributed by atoms with E-state index in [1.807, 2.05) is 56.5 Å². The number of anilines is 2. The van der Waals surface area contributed by atoms with Gasteiger partial charge in [-0.05, 0) is 61.5 Å². The first-order valence-electron chi connectivity index (χ1n) is 8.85. The Morgan fingerprint density at radius 2 is 1.90 bits per heavy atom. The summed E-state index contributed by atoms with van der Waals surface area (Å²) < 4.78 is 6.52. The van der Waals surface area contributed by atoms with Crippen LogP contribution in [0.25, 0.3) is 21.3 Å². The molecular formula is C20H18ClN5O2S. The van der Waals surface area contributed by atoms with Crippen molar-refractivity contribution >= 4 is 50.8 Å². The van der Waals surface area contributed by atoms with Crippen molar-refractivity contribution in [2.45, 2.75) is 26.4 Å². The highest BCUT2D eigenvalue weighted by atomic mass is 35.5. The number of hydrogen-bond acceptors (Lipinski definition) is 7. The van der Waals surface area contributed by atoms with E-state index in [0.717, 1.165) is 27.0 Å². The van der Waals surface area contributed by atoms with Gasteiger partial charge in [-0.15, -0.1) is 11.3 Å². The van der Waals surface area contributed by atoms with Crippen molar-refractivity contribution in [3.63, 3.8) is 0 Å². The van der Waals surface area contributed by atoms with Gasteiger partial charge in [0.15, 0.2) is 0 Å². The molecule has 4 rings (SSSR count). The van der Waals surface area contributed by atoms with Gasteiger partial charge in [0.2, 0.25) is 5.28 Å². The number of carbonyl (C=O) groups excluding carboxylic acids is 1. The van der Waals surface area contributed by atoms with Crippen molar-refractivity contribution in [1.82, 2.24) is 19.7 Å². The van der Waals surface area contributed by atoms with E-state index >= 15 is 0 Å². The molecule has 0 saturated heterocycles. The number of hydrogen-bond donors (Lipinski definition) is 1. The number of aromatic nitrogens is 4. The normalized spacial score (nSPS) is 11.6. The number of nitrogens with one attached hydrogen (secondary N) is 1. The number of nitrogens with zero attached hydrogens (tertiary/aromatic N) is 4. The lowest BCUT2D eigenvalue weighted by molar-refractivity contribution is 0.0514. The van der Waals surface area contributed by atoms with E-state index in [1.54, 1.807) is 12.4 Å². The third-order valence-electron chi connectivity index (χ3n) is 3.94. The Morgan fingerprint density at radius 1 is 1.14 bits per heavy atom. The van der Waals surface area contributed by atoms with E-state index in [1.165, 1.54) is 16.0 Å². The second-order valence-corrected chi connectivity index (χ2v) is 8.57. The Kier molecular flexibility index (Phi) is 4.97. The average molecular weight is 428 g/mol. The van der Waals surface area contributed by atoms with Crippen LogP contribution >= 0.6 is 22.9 Å². The molecule has 0 aliphatic carbocycles. The number of halogens is 1. The van der Waals surface area contributed by atoms with Gasteiger partial charge in [-0.2, -0.15) is 14.8 Å². The lowest BCUT2D eigenvalue weighted by atomic mass is 10.1. The molecule has 0 unspecified atom stereocenters. The Labute approximate surface area is 176 Å². The van der Waals surface area contributed by atoms with Crippen LogP contribution in [0.2, 0.25) is 5.28 Å². The summed E-state index contributed by atoms with van der Waals surface area (Å²) in [6, 6.07) is 9.68. The zero-order valence-corrected chi connectivity index (χ0v) is 17.6. The molecule has 1 aromatic carbocycles. The summed E-state index contributed by atoms with van der Waals surface area (Å²) in [5, 5.41) is 10.5. The summed E-state index contributed by atoms with van der Waals surface area (Å²) >= 11 is 7.53. The van der Waals surface area contributed by atoms with Crippen LogP contribution in [0, 0.1) is 0 Å². The zero-order valence-electron chi connectivity index (χ0n) is 16.0. The third kappa shape index (κ3) is 4.38. The van der Waals surface area contributed by atoms with Crippen LogP contribution in [-0.4, -0.2) is 31.4 Å². The van der Waals surface area contributed by atoms with Crippen LogP contribution in [-0.2, 0) is 4.74 Å². The average Bonchev–Trinajstić information content (AvgIpc) is 3.30. The Morgan fingerprint density at radius 3 is 2.62 bits per heavy atom. The number of benzene rings is 1. The quantitative estimate of drug-likeness (QED) is 0.420. The molecule has 3 heterocycles. The first kappa shape index (κ1) is 19.4. The minimum Gasteiger partial charge on any atom is -0.442 e. The fourth-order valence-electron chi connectivity index (χ4n) is 2.69. The molecule has 9 heteroatoms. The lowest BCUT2D eigenvalue weighted by Crippen LogP contribution is -2.27. The van der Waals surface area contributed by atoms with E-state index in [2.05, 4.69) is 20.4 Å². The first-order chi connectivity index (χ1) is 13.8. The van der Waals surface area contributed by atoms with Crippen LogP contribution in [0.15, 0.2) is 48.1 Å². The SMILES string of the molecule is CC(C)(C)OC(=O)n1cc(-c2ccc(Nc3nc(Cl)nc4sccc34)cc2)cn1. The highest BCUT2D eigenvalue weighted by molar-refractivity contribution is 7.16. The third-order valence-corrected chi connectivity index (χ3v) is 4.92. The molecule has 0 aliphatic rings. The predicted octanol–water partition coefficient (Wildman–Crippen LogP) is 5.74. The minimum atomic E-state index is -0.575. The van der Waals surface area contributed by atoms with E-state index in [-0.39, 0.29) is 5.28 Å². The van der Waals surface area contributed by atoms with Gasteiger partial charge >= 0.3 is 6.09 Å². The summed E-state index contributed by atoms with van der Waals surface area (Å²) in [5.74, 6) is 0.659.